The number of urea groups is 1. The summed E-state index contributed by atoms with van der Waals surface area (Å²) < 4.78 is 5.02. The van der Waals surface area contributed by atoms with Crippen LogP contribution in [-0.2, 0) is 10.5 Å². The highest BCUT2D eigenvalue weighted by molar-refractivity contribution is 7.98. The lowest BCUT2D eigenvalue weighted by atomic mass is 10.4. The van der Waals surface area contributed by atoms with Crippen molar-refractivity contribution >= 4 is 23.7 Å². The van der Waals surface area contributed by atoms with Crippen LogP contribution in [0.4, 0.5) is 4.79 Å². The van der Waals surface area contributed by atoms with Gasteiger partial charge in [0.25, 0.3) is 0 Å². The highest BCUT2D eigenvalue weighted by atomic mass is 32.2. The molecule has 0 saturated carbocycles. The highest BCUT2D eigenvalue weighted by Crippen LogP contribution is 2.13. The summed E-state index contributed by atoms with van der Waals surface area (Å²) in [5.41, 5.74) is 0.845. The van der Waals surface area contributed by atoms with E-state index in [1.807, 2.05) is 13.0 Å². The van der Waals surface area contributed by atoms with Crippen LogP contribution in [0.15, 0.2) is 10.6 Å². The van der Waals surface area contributed by atoms with Crippen molar-refractivity contribution in [2.45, 2.75) is 19.1 Å². The Hall–Kier alpha value is -1.50. The molecule has 0 aliphatic rings. The second-order valence-electron chi connectivity index (χ2n) is 3.36. The zero-order chi connectivity index (χ0) is 12.7. The third-order valence-electron chi connectivity index (χ3n) is 1.87. The van der Waals surface area contributed by atoms with Crippen LogP contribution in [0.1, 0.15) is 17.9 Å². The Morgan fingerprint density at radius 2 is 2.29 bits per heavy atom. The Labute approximate surface area is 103 Å². The molecular formula is C10H15N3O3S. The molecule has 1 aromatic rings. The second kappa shape index (κ2) is 6.95. The minimum Gasteiger partial charge on any atom is -0.360 e. The maximum atomic E-state index is 11.2. The number of rotatable bonds is 5. The van der Waals surface area contributed by atoms with Crippen molar-refractivity contribution in [2.24, 2.45) is 0 Å². The monoisotopic (exact) mass is 257 g/mol. The number of aromatic nitrogens is 1. The number of imide groups is 1. The number of amides is 3. The average molecular weight is 257 g/mol. The summed E-state index contributed by atoms with van der Waals surface area (Å²) in [4.78, 5) is 22.0. The topological polar surface area (TPSA) is 84.2 Å². The SMILES string of the molecule is CNC(=O)NC(=O)CCSCc1cc(C)no1. The number of thioether (sulfide) groups is 1. The maximum Gasteiger partial charge on any atom is 0.321 e. The fourth-order valence-electron chi connectivity index (χ4n) is 1.07. The first-order valence-electron chi connectivity index (χ1n) is 5.13. The van der Waals surface area contributed by atoms with Crippen LogP contribution in [-0.4, -0.2) is 29.9 Å². The van der Waals surface area contributed by atoms with Gasteiger partial charge in [0.1, 0.15) is 5.76 Å². The summed E-state index contributed by atoms with van der Waals surface area (Å²) in [7, 11) is 1.46. The molecule has 0 fully saturated rings. The molecule has 0 aliphatic heterocycles. The molecule has 94 valence electrons. The van der Waals surface area contributed by atoms with Crippen LogP contribution < -0.4 is 10.6 Å². The molecule has 1 aromatic heterocycles. The van der Waals surface area contributed by atoms with Crippen LogP contribution in [0.3, 0.4) is 0 Å². The Morgan fingerprint density at radius 3 is 2.88 bits per heavy atom. The van der Waals surface area contributed by atoms with Crippen LogP contribution >= 0.6 is 11.8 Å². The highest BCUT2D eigenvalue weighted by Gasteiger charge is 2.06. The number of hydrogen-bond acceptors (Lipinski definition) is 5. The molecule has 6 nitrogen and oxygen atoms in total. The van der Waals surface area contributed by atoms with E-state index in [4.69, 9.17) is 4.52 Å². The van der Waals surface area contributed by atoms with Crippen molar-refractivity contribution in [1.29, 1.82) is 0 Å². The first kappa shape index (κ1) is 13.6. The van der Waals surface area contributed by atoms with E-state index in [0.717, 1.165) is 11.5 Å². The zero-order valence-electron chi connectivity index (χ0n) is 9.78. The van der Waals surface area contributed by atoms with Crippen LogP contribution in [0.5, 0.6) is 0 Å². The molecule has 7 heteroatoms. The standard InChI is InChI=1S/C10H15N3O3S/c1-7-5-8(16-13-7)6-17-4-3-9(14)12-10(15)11-2/h5H,3-4,6H2,1-2H3,(H2,11,12,14,15). The van der Waals surface area contributed by atoms with Crippen molar-refractivity contribution in [1.82, 2.24) is 15.8 Å². The third kappa shape index (κ3) is 5.39. The molecule has 0 spiro atoms. The van der Waals surface area contributed by atoms with Crippen molar-refractivity contribution in [3.8, 4) is 0 Å². The van der Waals surface area contributed by atoms with Gasteiger partial charge in [-0.15, -0.1) is 0 Å². The molecule has 0 saturated heterocycles. The van der Waals surface area contributed by atoms with Crippen molar-refractivity contribution in [3.05, 3.63) is 17.5 Å². The summed E-state index contributed by atoms with van der Waals surface area (Å²) in [6.07, 6.45) is 0.297. The number of hydrogen-bond donors (Lipinski definition) is 2. The molecule has 0 radical (unpaired) electrons. The van der Waals surface area contributed by atoms with E-state index < -0.39 is 6.03 Å². The first-order valence-corrected chi connectivity index (χ1v) is 6.29. The largest absolute Gasteiger partial charge is 0.360 e. The van der Waals surface area contributed by atoms with Gasteiger partial charge in [-0.3, -0.25) is 10.1 Å². The minimum atomic E-state index is -0.481. The molecule has 17 heavy (non-hydrogen) atoms. The number of nitrogens with zero attached hydrogens (tertiary/aromatic N) is 1. The van der Waals surface area contributed by atoms with Gasteiger partial charge in [0.05, 0.1) is 11.4 Å². The van der Waals surface area contributed by atoms with Gasteiger partial charge in [-0.1, -0.05) is 5.16 Å². The second-order valence-corrected chi connectivity index (χ2v) is 4.47. The number of nitrogens with one attached hydrogen (secondary N) is 2. The number of carbonyl (C=O) groups is 2. The van der Waals surface area contributed by atoms with Gasteiger partial charge < -0.3 is 9.84 Å². The summed E-state index contributed by atoms with van der Waals surface area (Å²) in [6, 6.07) is 1.38. The van der Waals surface area contributed by atoms with Crippen LogP contribution in [0.25, 0.3) is 0 Å². The lowest BCUT2D eigenvalue weighted by Gasteiger charge is -2.02. The lowest BCUT2D eigenvalue weighted by molar-refractivity contribution is -0.119. The maximum absolute atomic E-state index is 11.2. The van der Waals surface area contributed by atoms with E-state index in [-0.39, 0.29) is 5.91 Å². The third-order valence-corrected chi connectivity index (χ3v) is 2.86. The summed E-state index contributed by atoms with van der Waals surface area (Å²) >= 11 is 1.56. The molecule has 0 aliphatic carbocycles. The van der Waals surface area contributed by atoms with Gasteiger partial charge in [0.2, 0.25) is 5.91 Å². The minimum absolute atomic E-state index is 0.286. The zero-order valence-corrected chi connectivity index (χ0v) is 10.6. The van der Waals surface area contributed by atoms with Crippen molar-refractivity contribution in [2.75, 3.05) is 12.8 Å². The van der Waals surface area contributed by atoms with Crippen LogP contribution in [0, 0.1) is 6.92 Å². The molecule has 0 atom stereocenters. The van der Waals surface area contributed by atoms with Crippen LogP contribution in [0.2, 0.25) is 0 Å². The molecule has 1 rings (SSSR count). The Kier molecular flexibility index (Phi) is 5.55. The quantitative estimate of drug-likeness (QED) is 0.771. The van der Waals surface area contributed by atoms with E-state index in [1.54, 1.807) is 11.8 Å². The Morgan fingerprint density at radius 1 is 1.53 bits per heavy atom. The smallest absolute Gasteiger partial charge is 0.321 e. The Balaban J connectivity index is 2.12. The molecule has 0 unspecified atom stereocenters. The van der Waals surface area contributed by atoms with Crippen molar-refractivity contribution in [3.63, 3.8) is 0 Å². The lowest BCUT2D eigenvalue weighted by Crippen LogP contribution is -2.37. The predicted octanol–water partition coefficient (Wildman–Crippen LogP) is 1.06. The van der Waals surface area contributed by atoms with Gasteiger partial charge >= 0.3 is 6.03 Å². The molecule has 0 bridgehead atoms. The normalized spacial score (nSPS) is 10.0. The predicted molar refractivity (Wildman–Crippen MR) is 64.6 cm³/mol. The molecule has 0 aromatic carbocycles. The van der Waals surface area contributed by atoms with E-state index in [0.29, 0.717) is 17.9 Å². The average Bonchev–Trinajstić information content (AvgIpc) is 2.70. The van der Waals surface area contributed by atoms with E-state index in [1.165, 1.54) is 7.05 Å². The molecule has 1 heterocycles. The van der Waals surface area contributed by atoms with Gasteiger partial charge in [0.15, 0.2) is 0 Å². The van der Waals surface area contributed by atoms with Crippen molar-refractivity contribution < 1.29 is 14.1 Å². The number of carbonyl (C=O) groups excluding carboxylic acids is 2. The molecule has 2 N–H and O–H groups in total. The van der Waals surface area contributed by atoms with Gasteiger partial charge in [-0.2, -0.15) is 11.8 Å². The van der Waals surface area contributed by atoms with Gasteiger partial charge in [-0.25, -0.2) is 4.79 Å². The van der Waals surface area contributed by atoms with E-state index in [2.05, 4.69) is 15.8 Å². The summed E-state index contributed by atoms with van der Waals surface area (Å²) in [5, 5.41) is 8.27. The van der Waals surface area contributed by atoms with E-state index >= 15 is 0 Å². The molecular weight excluding hydrogens is 242 g/mol. The fraction of sp³-hybridized carbons (Fsp3) is 0.500. The summed E-state index contributed by atoms with van der Waals surface area (Å²) in [6.45, 7) is 1.86. The van der Waals surface area contributed by atoms with Gasteiger partial charge in [-0.05, 0) is 6.92 Å². The first-order chi connectivity index (χ1) is 8.11. The fourth-order valence-corrected chi connectivity index (χ4v) is 1.88. The van der Waals surface area contributed by atoms with Gasteiger partial charge in [0, 0.05) is 25.3 Å². The Bertz CT molecular complexity index is 392. The number of aryl methyl sites for hydroxylation is 1. The van der Waals surface area contributed by atoms with E-state index in [9.17, 15) is 9.59 Å². The summed E-state index contributed by atoms with van der Waals surface area (Å²) in [5.74, 6) is 1.81. The molecule has 3 amide bonds.